The second kappa shape index (κ2) is 6.89. The molecule has 0 heterocycles. The van der Waals surface area contributed by atoms with Gasteiger partial charge in [-0.1, -0.05) is 5.16 Å². The maximum absolute atomic E-state index is 11.8. The first kappa shape index (κ1) is 17.1. The van der Waals surface area contributed by atoms with Crippen LogP contribution in [0.4, 0.5) is 5.69 Å². The molecule has 0 bridgehead atoms. The van der Waals surface area contributed by atoms with E-state index in [4.69, 9.17) is 28.0 Å². The smallest absolute Gasteiger partial charge is 0.312 e. The summed E-state index contributed by atoms with van der Waals surface area (Å²) >= 11 is 11.9. The van der Waals surface area contributed by atoms with E-state index in [1.165, 1.54) is 30.3 Å². The van der Waals surface area contributed by atoms with Crippen molar-refractivity contribution in [2.75, 3.05) is 0 Å². The second-order valence-corrected chi connectivity index (χ2v) is 5.63. The third kappa shape index (κ3) is 3.75. The first-order valence-electron chi connectivity index (χ1n) is 6.35. The molecule has 2 rings (SSSR count). The van der Waals surface area contributed by atoms with Gasteiger partial charge in [0.2, 0.25) is 0 Å². The minimum absolute atomic E-state index is 0.0843. The Hall–Kier alpha value is -2.25. The summed E-state index contributed by atoms with van der Waals surface area (Å²) in [6, 6.07) is 4.84. The van der Waals surface area contributed by atoms with Crippen LogP contribution in [0.5, 0.6) is 0 Å². The van der Waals surface area contributed by atoms with Crippen LogP contribution in [0.2, 0.25) is 0 Å². The fourth-order valence-electron chi connectivity index (χ4n) is 1.82. The molecule has 9 heteroatoms. The zero-order valence-electron chi connectivity index (χ0n) is 11.7. The lowest BCUT2D eigenvalue weighted by molar-refractivity contribution is -0.384. The summed E-state index contributed by atoms with van der Waals surface area (Å²) in [5.74, 6) is -1.13. The fourth-order valence-corrected chi connectivity index (χ4v) is 2.33. The Balaban J connectivity index is 2.14. The number of benzene rings is 1. The zero-order chi connectivity index (χ0) is 17.1. The fraction of sp³-hybridized carbons (Fsp3) is 0.214. The normalized spacial score (nSPS) is 22.7. The van der Waals surface area contributed by atoms with Gasteiger partial charge in [0.1, 0.15) is 16.5 Å². The van der Waals surface area contributed by atoms with Gasteiger partial charge >= 0.3 is 5.97 Å². The Labute approximate surface area is 140 Å². The predicted molar refractivity (Wildman–Crippen MR) is 84.0 cm³/mol. The minimum Gasteiger partial charge on any atom is -0.312 e. The van der Waals surface area contributed by atoms with Crippen molar-refractivity contribution < 1.29 is 19.3 Å². The van der Waals surface area contributed by atoms with Crippen LogP contribution < -0.4 is 0 Å². The van der Waals surface area contributed by atoms with Crippen molar-refractivity contribution in [3.05, 3.63) is 51.6 Å². The van der Waals surface area contributed by atoms with Crippen LogP contribution >= 0.6 is 23.2 Å². The van der Waals surface area contributed by atoms with E-state index in [1.807, 2.05) is 0 Å². The number of nitrogens with zero attached hydrogens (tertiary/aromatic N) is 2. The summed E-state index contributed by atoms with van der Waals surface area (Å²) < 4.78 is 0. The Morgan fingerprint density at radius 1 is 1.26 bits per heavy atom. The molecule has 23 heavy (non-hydrogen) atoms. The van der Waals surface area contributed by atoms with Crippen LogP contribution in [-0.4, -0.2) is 33.1 Å². The van der Waals surface area contributed by atoms with Crippen molar-refractivity contribution in [1.29, 1.82) is 0 Å². The van der Waals surface area contributed by atoms with Crippen LogP contribution in [-0.2, 0) is 9.63 Å². The monoisotopic (exact) mass is 356 g/mol. The minimum atomic E-state index is -0.988. The van der Waals surface area contributed by atoms with E-state index in [-0.39, 0.29) is 22.7 Å². The SMILES string of the molecule is CC1=C/C(=N/OC(=O)c2ccc([N+](=O)[O-])cc2)[C@@H](Cl)[C@H](Cl)C1=O. The molecule has 0 saturated carbocycles. The summed E-state index contributed by atoms with van der Waals surface area (Å²) in [7, 11) is 0. The molecule has 7 nitrogen and oxygen atoms in total. The largest absolute Gasteiger partial charge is 0.365 e. The number of allylic oxidation sites excluding steroid dienone is 2. The molecule has 120 valence electrons. The Bertz CT molecular complexity index is 727. The molecule has 0 N–H and O–H groups in total. The predicted octanol–water partition coefficient (Wildman–Crippen LogP) is 2.85. The van der Waals surface area contributed by atoms with Crippen molar-refractivity contribution >= 4 is 46.4 Å². The number of nitro benzene ring substituents is 1. The molecular formula is C14H10Cl2N2O5. The molecule has 0 radical (unpaired) electrons. The molecular weight excluding hydrogens is 347 g/mol. The van der Waals surface area contributed by atoms with Gasteiger partial charge in [-0.25, -0.2) is 4.79 Å². The number of alkyl halides is 2. The molecule has 0 fully saturated rings. The quantitative estimate of drug-likeness (QED) is 0.358. The topological polar surface area (TPSA) is 98.9 Å². The van der Waals surface area contributed by atoms with E-state index < -0.39 is 21.6 Å². The number of hydrogen-bond acceptors (Lipinski definition) is 6. The Kier molecular flexibility index (Phi) is 5.12. The van der Waals surface area contributed by atoms with Gasteiger partial charge in [0.15, 0.2) is 5.78 Å². The van der Waals surface area contributed by atoms with Crippen molar-refractivity contribution in [1.82, 2.24) is 0 Å². The number of nitro groups is 1. The molecule has 0 amide bonds. The maximum Gasteiger partial charge on any atom is 0.365 e. The molecule has 1 aromatic carbocycles. The number of non-ortho nitro benzene ring substituents is 1. The average molecular weight is 357 g/mol. The molecule has 1 aliphatic rings. The van der Waals surface area contributed by atoms with E-state index in [2.05, 4.69) is 5.16 Å². The first-order chi connectivity index (χ1) is 10.8. The van der Waals surface area contributed by atoms with Gasteiger partial charge in [0, 0.05) is 12.1 Å². The summed E-state index contributed by atoms with van der Waals surface area (Å²) in [4.78, 5) is 38.2. The Morgan fingerprint density at radius 3 is 2.43 bits per heavy atom. The van der Waals surface area contributed by atoms with Crippen molar-refractivity contribution in [2.24, 2.45) is 5.16 Å². The highest BCUT2D eigenvalue weighted by molar-refractivity contribution is 6.48. The van der Waals surface area contributed by atoms with Gasteiger partial charge in [-0.3, -0.25) is 14.9 Å². The molecule has 0 aliphatic heterocycles. The lowest BCUT2D eigenvalue weighted by Gasteiger charge is -2.20. The number of carbonyl (C=O) groups excluding carboxylic acids is 2. The van der Waals surface area contributed by atoms with Crippen LogP contribution in [0, 0.1) is 10.1 Å². The molecule has 0 unspecified atom stereocenters. The average Bonchev–Trinajstić information content (AvgIpc) is 2.54. The maximum atomic E-state index is 11.8. The van der Waals surface area contributed by atoms with Gasteiger partial charge in [0.25, 0.3) is 5.69 Å². The number of ketones is 1. The van der Waals surface area contributed by atoms with Crippen molar-refractivity contribution in [2.45, 2.75) is 17.7 Å². The number of oxime groups is 1. The third-order valence-electron chi connectivity index (χ3n) is 3.09. The Morgan fingerprint density at radius 2 is 1.87 bits per heavy atom. The van der Waals surface area contributed by atoms with Crippen LogP contribution in [0.1, 0.15) is 17.3 Å². The van der Waals surface area contributed by atoms with Crippen molar-refractivity contribution in [3.63, 3.8) is 0 Å². The lowest BCUT2D eigenvalue weighted by atomic mass is 9.97. The third-order valence-corrected chi connectivity index (χ3v) is 4.15. The summed E-state index contributed by atoms with van der Waals surface area (Å²) in [6.45, 7) is 1.55. The van der Waals surface area contributed by atoms with Crippen molar-refractivity contribution in [3.8, 4) is 0 Å². The number of carbonyl (C=O) groups is 2. The zero-order valence-corrected chi connectivity index (χ0v) is 13.2. The van der Waals surface area contributed by atoms with E-state index >= 15 is 0 Å². The van der Waals surface area contributed by atoms with E-state index in [0.717, 1.165) is 0 Å². The molecule has 0 aromatic heterocycles. The number of halogens is 2. The molecule has 1 aromatic rings. The van der Waals surface area contributed by atoms with Gasteiger partial charge in [-0.2, -0.15) is 0 Å². The van der Waals surface area contributed by atoms with Gasteiger partial charge in [-0.15, -0.1) is 23.2 Å². The first-order valence-corrected chi connectivity index (χ1v) is 7.23. The summed E-state index contributed by atoms with van der Waals surface area (Å²) in [6.07, 6.45) is 1.39. The van der Waals surface area contributed by atoms with Crippen LogP contribution in [0.25, 0.3) is 0 Å². The van der Waals surface area contributed by atoms with E-state index in [0.29, 0.717) is 5.57 Å². The molecule has 2 atom stereocenters. The number of hydrogen-bond donors (Lipinski definition) is 0. The number of Topliss-reactive ketones (excluding diaryl/α,β-unsaturated/α-hetero) is 1. The summed E-state index contributed by atoms with van der Waals surface area (Å²) in [5, 5.41) is 12.3. The molecule has 0 saturated heterocycles. The van der Waals surface area contributed by atoms with Gasteiger partial charge in [-0.05, 0) is 30.7 Å². The van der Waals surface area contributed by atoms with Crippen LogP contribution in [0.3, 0.4) is 0 Å². The second-order valence-electron chi connectivity index (χ2n) is 4.69. The summed E-state index contributed by atoms with van der Waals surface area (Å²) in [5.41, 5.74) is 0.440. The number of rotatable bonds is 3. The van der Waals surface area contributed by atoms with E-state index in [1.54, 1.807) is 6.92 Å². The van der Waals surface area contributed by atoms with Gasteiger partial charge < -0.3 is 4.84 Å². The molecule has 0 spiro atoms. The highest BCUT2D eigenvalue weighted by Gasteiger charge is 2.33. The van der Waals surface area contributed by atoms with E-state index in [9.17, 15) is 19.7 Å². The van der Waals surface area contributed by atoms with Gasteiger partial charge in [0.05, 0.1) is 10.5 Å². The van der Waals surface area contributed by atoms with Crippen LogP contribution in [0.15, 0.2) is 41.1 Å². The highest BCUT2D eigenvalue weighted by atomic mass is 35.5. The highest BCUT2D eigenvalue weighted by Crippen LogP contribution is 2.23. The molecule has 1 aliphatic carbocycles. The lowest BCUT2D eigenvalue weighted by Crippen LogP contribution is -2.36. The standard InChI is InChI=1S/C14H10Cl2N2O5/c1-7-6-10(11(15)12(16)13(7)19)17-23-14(20)8-2-4-9(5-3-8)18(21)22/h2-6,11-12H,1H3/b17-10-/t11-,12+/m1/s1.